The molecule has 2 fully saturated rings. The Labute approximate surface area is 151 Å². The molecule has 2 aliphatic rings. The molecule has 0 saturated carbocycles. The highest BCUT2D eigenvalue weighted by molar-refractivity contribution is 7.15. The summed E-state index contributed by atoms with van der Waals surface area (Å²) in [6.45, 7) is 4.80. The Balaban J connectivity index is 1.44. The van der Waals surface area contributed by atoms with E-state index >= 15 is 0 Å². The van der Waals surface area contributed by atoms with Gasteiger partial charge in [-0.2, -0.15) is 0 Å². The Bertz CT molecular complexity index is 737. The van der Waals surface area contributed by atoms with E-state index in [0.29, 0.717) is 13.2 Å². The number of carbonyl (C=O) groups excluding carboxylic acids is 1. The van der Waals surface area contributed by atoms with Crippen molar-refractivity contribution >= 4 is 22.4 Å². The number of hydrogen-bond acceptors (Lipinski definition) is 6. The molecule has 3 heterocycles. The van der Waals surface area contributed by atoms with Crippen molar-refractivity contribution in [3.63, 3.8) is 0 Å². The van der Waals surface area contributed by atoms with Crippen LogP contribution < -0.4 is 10.2 Å². The van der Waals surface area contributed by atoms with Crippen molar-refractivity contribution < 1.29 is 9.53 Å². The van der Waals surface area contributed by atoms with Gasteiger partial charge in [0, 0.05) is 26.3 Å². The van der Waals surface area contributed by atoms with Crippen LogP contribution in [-0.4, -0.2) is 48.4 Å². The van der Waals surface area contributed by atoms with Crippen molar-refractivity contribution in [3.05, 3.63) is 40.9 Å². The van der Waals surface area contributed by atoms with Gasteiger partial charge in [0.15, 0.2) is 0 Å². The number of nitrogens with zero attached hydrogens (tertiary/aromatic N) is 3. The molecule has 0 spiro atoms. The second kappa shape index (κ2) is 6.72. The number of amides is 1. The van der Waals surface area contributed by atoms with Crippen molar-refractivity contribution in [1.29, 1.82) is 0 Å². The molecular weight excluding hydrogens is 336 g/mol. The maximum absolute atomic E-state index is 13.2. The molecular formula is C18H22N4O2S. The first-order valence-electron chi connectivity index (χ1n) is 8.67. The first kappa shape index (κ1) is 16.5. The fourth-order valence-electron chi connectivity index (χ4n) is 3.59. The van der Waals surface area contributed by atoms with Gasteiger partial charge in [-0.05, 0) is 25.3 Å². The van der Waals surface area contributed by atoms with Crippen LogP contribution in [0.2, 0.25) is 0 Å². The monoisotopic (exact) mass is 358 g/mol. The summed E-state index contributed by atoms with van der Waals surface area (Å²) < 4.78 is 5.52. The molecule has 2 aromatic rings. The minimum Gasteiger partial charge on any atom is -0.381 e. The zero-order chi connectivity index (χ0) is 17.3. The largest absolute Gasteiger partial charge is 0.381 e. The van der Waals surface area contributed by atoms with E-state index in [9.17, 15) is 4.79 Å². The van der Waals surface area contributed by atoms with Crippen LogP contribution in [0.1, 0.15) is 23.4 Å². The lowest BCUT2D eigenvalue weighted by atomic mass is 9.73. The predicted octanol–water partition coefficient (Wildman–Crippen LogP) is 1.90. The molecule has 2 aliphatic heterocycles. The van der Waals surface area contributed by atoms with Crippen LogP contribution in [-0.2, 0) is 14.9 Å². The van der Waals surface area contributed by atoms with Gasteiger partial charge in [-0.3, -0.25) is 4.79 Å². The van der Waals surface area contributed by atoms with Crippen molar-refractivity contribution in [2.45, 2.75) is 31.2 Å². The average Bonchev–Trinajstić information content (AvgIpc) is 3.04. The van der Waals surface area contributed by atoms with Crippen LogP contribution in [0, 0.1) is 6.92 Å². The third-order valence-electron chi connectivity index (χ3n) is 5.11. The highest BCUT2D eigenvalue weighted by Gasteiger charge is 2.43. The molecule has 0 bridgehead atoms. The van der Waals surface area contributed by atoms with Gasteiger partial charge in [-0.1, -0.05) is 41.7 Å². The van der Waals surface area contributed by atoms with E-state index in [2.05, 4.69) is 32.5 Å². The SMILES string of the molecule is Cc1nnc(N2CC(NC(=O)C3(c4ccccc4)CCOCC3)C2)s1. The molecule has 2 saturated heterocycles. The topological polar surface area (TPSA) is 67.4 Å². The number of nitrogens with one attached hydrogen (secondary N) is 1. The second-order valence-electron chi connectivity index (χ2n) is 6.74. The average molecular weight is 358 g/mol. The fourth-order valence-corrected chi connectivity index (χ4v) is 4.29. The van der Waals surface area contributed by atoms with Crippen molar-refractivity contribution in [1.82, 2.24) is 15.5 Å². The lowest BCUT2D eigenvalue weighted by Crippen LogP contribution is -2.62. The maximum Gasteiger partial charge on any atom is 0.231 e. The van der Waals surface area contributed by atoms with E-state index in [-0.39, 0.29) is 11.9 Å². The maximum atomic E-state index is 13.2. The third kappa shape index (κ3) is 3.14. The van der Waals surface area contributed by atoms with Crippen molar-refractivity contribution in [2.75, 3.05) is 31.2 Å². The third-order valence-corrected chi connectivity index (χ3v) is 6.01. The van der Waals surface area contributed by atoms with Crippen LogP contribution >= 0.6 is 11.3 Å². The summed E-state index contributed by atoms with van der Waals surface area (Å²) in [5.41, 5.74) is 0.617. The van der Waals surface area contributed by atoms with Crippen LogP contribution in [0.15, 0.2) is 30.3 Å². The molecule has 0 atom stereocenters. The zero-order valence-electron chi connectivity index (χ0n) is 14.3. The van der Waals surface area contributed by atoms with Gasteiger partial charge in [0.25, 0.3) is 0 Å². The summed E-state index contributed by atoms with van der Waals surface area (Å²) in [5, 5.41) is 13.4. The highest BCUT2D eigenvalue weighted by atomic mass is 32.1. The van der Waals surface area contributed by atoms with Gasteiger partial charge < -0.3 is 15.0 Å². The normalized spacial score (nSPS) is 20.1. The van der Waals surface area contributed by atoms with E-state index in [1.165, 1.54) is 0 Å². The molecule has 7 heteroatoms. The summed E-state index contributed by atoms with van der Waals surface area (Å²) in [7, 11) is 0. The smallest absolute Gasteiger partial charge is 0.231 e. The summed E-state index contributed by atoms with van der Waals surface area (Å²) in [4.78, 5) is 15.3. The number of carbonyl (C=O) groups is 1. The molecule has 1 aromatic heterocycles. The number of anilines is 1. The van der Waals surface area contributed by atoms with E-state index in [1.807, 2.05) is 25.1 Å². The highest BCUT2D eigenvalue weighted by Crippen LogP contribution is 2.35. The summed E-state index contributed by atoms with van der Waals surface area (Å²) >= 11 is 1.59. The molecule has 0 radical (unpaired) electrons. The van der Waals surface area contributed by atoms with Gasteiger partial charge in [0.05, 0.1) is 11.5 Å². The van der Waals surface area contributed by atoms with Crippen LogP contribution in [0.25, 0.3) is 0 Å². The first-order valence-corrected chi connectivity index (χ1v) is 9.48. The number of benzene rings is 1. The van der Waals surface area contributed by atoms with Gasteiger partial charge in [0.1, 0.15) is 5.01 Å². The Hall–Kier alpha value is -1.99. The first-order chi connectivity index (χ1) is 12.2. The van der Waals surface area contributed by atoms with Crippen LogP contribution in [0.3, 0.4) is 0 Å². The molecule has 6 nitrogen and oxygen atoms in total. The number of ether oxygens (including phenoxy) is 1. The zero-order valence-corrected chi connectivity index (χ0v) is 15.1. The molecule has 132 valence electrons. The molecule has 4 rings (SSSR count). The quantitative estimate of drug-likeness (QED) is 0.904. The lowest BCUT2D eigenvalue weighted by Gasteiger charge is -2.42. The molecule has 1 amide bonds. The van der Waals surface area contributed by atoms with E-state index in [1.54, 1.807) is 11.3 Å². The van der Waals surface area contributed by atoms with Crippen molar-refractivity contribution in [2.24, 2.45) is 0 Å². The summed E-state index contributed by atoms with van der Waals surface area (Å²) in [5.74, 6) is 0.125. The number of hydrogen-bond donors (Lipinski definition) is 1. The van der Waals surface area contributed by atoms with Gasteiger partial charge >= 0.3 is 0 Å². The minimum atomic E-state index is -0.473. The Morgan fingerprint density at radius 2 is 1.96 bits per heavy atom. The van der Waals surface area contributed by atoms with Gasteiger partial charge in [0.2, 0.25) is 11.0 Å². The standard InChI is InChI=1S/C18H22N4O2S/c1-13-20-21-17(25-13)22-11-15(12-22)19-16(23)18(7-9-24-10-8-18)14-5-3-2-4-6-14/h2-6,15H,7-12H2,1H3,(H,19,23). The Morgan fingerprint density at radius 1 is 1.24 bits per heavy atom. The molecule has 1 aromatic carbocycles. The fraction of sp³-hybridized carbons (Fsp3) is 0.500. The summed E-state index contributed by atoms with van der Waals surface area (Å²) in [6, 6.07) is 10.3. The van der Waals surface area contributed by atoms with E-state index < -0.39 is 5.41 Å². The van der Waals surface area contributed by atoms with Gasteiger partial charge in [-0.25, -0.2) is 0 Å². The molecule has 0 unspecified atom stereocenters. The van der Waals surface area contributed by atoms with Crippen LogP contribution in [0.5, 0.6) is 0 Å². The predicted molar refractivity (Wildman–Crippen MR) is 97.0 cm³/mol. The molecule has 0 aliphatic carbocycles. The van der Waals surface area contributed by atoms with E-state index in [4.69, 9.17) is 4.74 Å². The van der Waals surface area contributed by atoms with E-state index in [0.717, 1.165) is 41.6 Å². The number of aromatic nitrogens is 2. The second-order valence-corrected chi connectivity index (χ2v) is 7.90. The Morgan fingerprint density at radius 3 is 2.60 bits per heavy atom. The molecule has 1 N–H and O–H groups in total. The minimum absolute atomic E-state index is 0.125. The lowest BCUT2D eigenvalue weighted by molar-refractivity contribution is -0.131. The summed E-state index contributed by atoms with van der Waals surface area (Å²) in [6.07, 6.45) is 1.46. The number of aryl methyl sites for hydroxylation is 1. The van der Waals surface area contributed by atoms with Crippen molar-refractivity contribution in [3.8, 4) is 0 Å². The van der Waals surface area contributed by atoms with Gasteiger partial charge in [-0.15, -0.1) is 10.2 Å². The molecule has 25 heavy (non-hydrogen) atoms. The van der Waals surface area contributed by atoms with Crippen LogP contribution in [0.4, 0.5) is 5.13 Å². The number of rotatable bonds is 4. The Kier molecular flexibility index (Phi) is 4.43.